The molecule has 0 bridgehead atoms. The SMILES string of the molecule is O=C(Nc1cccc(Nc2ncnc(N3CCC(OCc4ccccc4)CC3)n2)c1)C1CC1. The predicted molar refractivity (Wildman–Crippen MR) is 127 cm³/mol. The summed E-state index contributed by atoms with van der Waals surface area (Å²) in [5.41, 5.74) is 2.78. The molecule has 8 heteroatoms. The standard InChI is InChI=1S/C25H28N6O2/c32-23(19-9-10-19)28-20-7-4-8-21(15-20)29-24-26-17-27-25(30-24)31-13-11-22(12-14-31)33-16-18-5-2-1-3-6-18/h1-8,15,17,19,22H,9-14,16H2,(H,28,32)(H,26,27,29,30). The highest BCUT2D eigenvalue weighted by Gasteiger charge is 2.29. The van der Waals surface area contributed by atoms with Crippen LogP contribution < -0.4 is 15.5 Å². The monoisotopic (exact) mass is 444 g/mol. The molecule has 2 N–H and O–H groups in total. The molecule has 1 aromatic heterocycles. The van der Waals surface area contributed by atoms with E-state index in [0.29, 0.717) is 18.5 Å². The van der Waals surface area contributed by atoms with Gasteiger partial charge in [-0.05, 0) is 49.4 Å². The molecule has 8 nitrogen and oxygen atoms in total. The molecule has 33 heavy (non-hydrogen) atoms. The largest absolute Gasteiger partial charge is 0.373 e. The van der Waals surface area contributed by atoms with E-state index in [1.54, 1.807) is 0 Å². The van der Waals surface area contributed by atoms with Gasteiger partial charge in [0.1, 0.15) is 6.33 Å². The molecule has 1 amide bonds. The van der Waals surface area contributed by atoms with E-state index in [9.17, 15) is 4.79 Å². The van der Waals surface area contributed by atoms with E-state index in [2.05, 4.69) is 42.6 Å². The second-order valence-electron chi connectivity index (χ2n) is 8.56. The van der Waals surface area contributed by atoms with Crippen molar-refractivity contribution in [3.8, 4) is 0 Å². The lowest BCUT2D eigenvalue weighted by molar-refractivity contribution is -0.117. The number of amides is 1. The van der Waals surface area contributed by atoms with Crippen LogP contribution in [0.25, 0.3) is 0 Å². The normalized spacial score (nSPS) is 16.4. The van der Waals surface area contributed by atoms with Gasteiger partial charge in [-0.3, -0.25) is 4.79 Å². The quantitative estimate of drug-likeness (QED) is 0.539. The summed E-state index contributed by atoms with van der Waals surface area (Å²) < 4.78 is 6.09. The molecule has 1 aliphatic heterocycles. The Hall–Kier alpha value is -3.52. The number of nitrogens with zero attached hydrogens (tertiary/aromatic N) is 4. The number of ether oxygens (including phenoxy) is 1. The predicted octanol–water partition coefficient (Wildman–Crippen LogP) is 4.15. The Balaban J connectivity index is 1.15. The first kappa shape index (κ1) is 21.3. The second-order valence-corrected chi connectivity index (χ2v) is 8.56. The Kier molecular flexibility index (Phi) is 6.44. The van der Waals surface area contributed by atoms with Crippen molar-refractivity contribution in [2.75, 3.05) is 28.6 Å². The van der Waals surface area contributed by atoms with Gasteiger partial charge in [0.2, 0.25) is 17.8 Å². The lowest BCUT2D eigenvalue weighted by atomic mass is 10.1. The topological polar surface area (TPSA) is 92.3 Å². The van der Waals surface area contributed by atoms with Gasteiger partial charge in [-0.1, -0.05) is 36.4 Å². The molecule has 2 aliphatic rings. The third-order valence-electron chi connectivity index (χ3n) is 5.95. The van der Waals surface area contributed by atoms with Gasteiger partial charge in [-0.15, -0.1) is 0 Å². The minimum absolute atomic E-state index is 0.0887. The molecule has 2 aromatic carbocycles. The molecule has 0 unspecified atom stereocenters. The number of benzene rings is 2. The van der Waals surface area contributed by atoms with Gasteiger partial charge in [0.05, 0.1) is 12.7 Å². The van der Waals surface area contributed by atoms with E-state index in [4.69, 9.17) is 4.74 Å². The third kappa shape index (κ3) is 5.84. The number of carbonyl (C=O) groups is 1. The van der Waals surface area contributed by atoms with Gasteiger partial charge < -0.3 is 20.3 Å². The molecule has 0 radical (unpaired) electrons. The average molecular weight is 445 g/mol. The zero-order valence-electron chi connectivity index (χ0n) is 18.5. The van der Waals surface area contributed by atoms with Crippen molar-refractivity contribution in [3.63, 3.8) is 0 Å². The summed E-state index contributed by atoms with van der Waals surface area (Å²) in [6.07, 6.45) is 5.60. The molecular formula is C25H28N6O2. The number of carbonyl (C=O) groups excluding carboxylic acids is 1. The molecule has 3 aromatic rings. The maximum absolute atomic E-state index is 12.0. The van der Waals surface area contributed by atoms with Crippen molar-refractivity contribution in [1.82, 2.24) is 15.0 Å². The lowest BCUT2D eigenvalue weighted by Gasteiger charge is -2.31. The smallest absolute Gasteiger partial charge is 0.231 e. The fourth-order valence-electron chi connectivity index (χ4n) is 3.90. The number of piperidine rings is 1. The van der Waals surface area contributed by atoms with Gasteiger partial charge in [0.15, 0.2) is 0 Å². The molecule has 170 valence electrons. The summed E-state index contributed by atoms with van der Waals surface area (Å²) >= 11 is 0. The summed E-state index contributed by atoms with van der Waals surface area (Å²) in [6, 6.07) is 17.9. The Bertz CT molecular complexity index is 1080. The van der Waals surface area contributed by atoms with Crippen LogP contribution >= 0.6 is 0 Å². The van der Waals surface area contributed by atoms with E-state index in [1.807, 2.05) is 42.5 Å². The van der Waals surface area contributed by atoms with E-state index in [0.717, 1.165) is 50.1 Å². The van der Waals surface area contributed by atoms with Crippen LogP contribution in [0.1, 0.15) is 31.2 Å². The first-order valence-electron chi connectivity index (χ1n) is 11.5. The highest BCUT2D eigenvalue weighted by atomic mass is 16.5. The number of aromatic nitrogens is 3. The summed E-state index contributed by atoms with van der Waals surface area (Å²) in [7, 11) is 0. The molecule has 0 spiro atoms. The minimum atomic E-state index is 0.0887. The zero-order chi connectivity index (χ0) is 22.5. The second kappa shape index (κ2) is 9.95. The van der Waals surface area contributed by atoms with Crippen molar-refractivity contribution in [2.24, 2.45) is 5.92 Å². The molecule has 2 fully saturated rings. The summed E-state index contributed by atoms with van der Waals surface area (Å²) in [5, 5.41) is 6.19. The van der Waals surface area contributed by atoms with Crippen LogP contribution in [0.3, 0.4) is 0 Å². The maximum Gasteiger partial charge on any atom is 0.231 e. The highest BCUT2D eigenvalue weighted by Crippen LogP contribution is 2.30. The molecule has 2 heterocycles. The molecule has 1 saturated heterocycles. The Morgan fingerprint density at radius 1 is 0.970 bits per heavy atom. The number of anilines is 4. The van der Waals surface area contributed by atoms with Gasteiger partial charge in [0, 0.05) is 30.4 Å². The first-order valence-corrected chi connectivity index (χ1v) is 11.5. The lowest BCUT2D eigenvalue weighted by Crippen LogP contribution is -2.38. The highest BCUT2D eigenvalue weighted by molar-refractivity contribution is 5.94. The van der Waals surface area contributed by atoms with E-state index in [1.165, 1.54) is 11.9 Å². The molecule has 1 aliphatic carbocycles. The average Bonchev–Trinajstić information content (AvgIpc) is 3.70. The van der Waals surface area contributed by atoms with Crippen LogP contribution in [0, 0.1) is 5.92 Å². The van der Waals surface area contributed by atoms with Gasteiger partial charge in [-0.2, -0.15) is 4.98 Å². The van der Waals surface area contributed by atoms with Gasteiger partial charge in [-0.25, -0.2) is 9.97 Å². The van der Waals surface area contributed by atoms with Crippen molar-refractivity contribution in [2.45, 2.75) is 38.4 Å². The fourth-order valence-corrected chi connectivity index (χ4v) is 3.90. The number of rotatable bonds is 8. The van der Waals surface area contributed by atoms with E-state index >= 15 is 0 Å². The molecule has 0 atom stereocenters. The minimum Gasteiger partial charge on any atom is -0.373 e. The molecular weight excluding hydrogens is 416 g/mol. The molecule has 1 saturated carbocycles. The van der Waals surface area contributed by atoms with E-state index < -0.39 is 0 Å². The van der Waals surface area contributed by atoms with Crippen LogP contribution in [0.15, 0.2) is 60.9 Å². The fraction of sp³-hybridized carbons (Fsp3) is 0.360. The number of nitrogens with one attached hydrogen (secondary N) is 2. The summed E-state index contributed by atoms with van der Waals surface area (Å²) in [5.74, 6) is 1.40. The Morgan fingerprint density at radius 3 is 2.55 bits per heavy atom. The Morgan fingerprint density at radius 2 is 1.76 bits per heavy atom. The Labute approximate surface area is 193 Å². The third-order valence-corrected chi connectivity index (χ3v) is 5.95. The summed E-state index contributed by atoms with van der Waals surface area (Å²) in [4.78, 5) is 27.4. The number of hydrogen-bond donors (Lipinski definition) is 2. The van der Waals surface area contributed by atoms with Crippen LogP contribution in [-0.4, -0.2) is 40.1 Å². The first-order chi connectivity index (χ1) is 16.2. The van der Waals surface area contributed by atoms with Crippen molar-refractivity contribution < 1.29 is 9.53 Å². The number of hydrogen-bond acceptors (Lipinski definition) is 7. The van der Waals surface area contributed by atoms with Crippen LogP contribution in [0.2, 0.25) is 0 Å². The zero-order valence-corrected chi connectivity index (χ0v) is 18.5. The van der Waals surface area contributed by atoms with Crippen molar-refractivity contribution >= 4 is 29.2 Å². The van der Waals surface area contributed by atoms with Gasteiger partial charge in [0.25, 0.3) is 0 Å². The summed E-state index contributed by atoms with van der Waals surface area (Å²) in [6.45, 7) is 2.32. The van der Waals surface area contributed by atoms with E-state index in [-0.39, 0.29) is 17.9 Å². The van der Waals surface area contributed by atoms with Gasteiger partial charge >= 0.3 is 0 Å². The van der Waals surface area contributed by atoms with Crippen molar-refractivity contribution in [3.05, 3.63) is 66.5 Å². The van der Waals surface area contributed by atoms with Crippen molar-refractivity contribution in [1.29, 1.82) is 0 Å². The maximum atomic E-state index is 12.0. The van der Waals surface area contributed by atoms with Crippen LogP contribution in [-0.2, 0) is 16.1 Å². The molecule has 5 rings (SSSR count). The van der Waals surface area contributed by atoms with Crippen LogP contribution in [0.4, 0.5) is 23.3 Å². The van der Waals surface area contributed by atoms with Crippen LogP contribution in [0.5, 0.6) is 0 Å².